The molecule has 3 nitrogen and oxygen atoms in total. The summed E-state index contributed by atoms with van der Waals surface area (Å²) in [5.41, 5.74) is 8.15. The third kappa shape index (κ3) is 3.71. The van der Waals surface area contributed by atoms with E-state index in [2.05, 4.69) is 17.2 Å². The summed E-state index contributed by atoms with van der Waals surface area (Å²) in [6.07, 6.45) is 2.46. The van der Waals surface area contributed by atoms with Gasteiger partial charge in [0.05, 0.1) is 11.1 Å². The van der Waals surface area contributed by atoms with E-state index in [0.717, 1.165) is 24.1 Å². The van der Waals surface area contributed by atoms with Crippen molar-refractivity contribution < 1.29 is 4.39 Å². The number of aryl methyl sites for hydroxylation is 1. The van der Waals surface area contributed by atoms with Gasteiger partial charge in [0.2, 0.25) is 0 Å². The Balaban J connectivity index is 2.46. The Morgan fingerprint density at radius 3 is 2.81 bits per heavy atom. The van der Waals surface area contributed by atoms with E-state index in [9.17, 15) is 4.39 Å². The van der Waals surface area contributed by atoms with Gasteiger partial charge in [0.1, 0.15) is 11.6 Å². The van der Waals surface area contributed by atoms with E-state index < -0.39 is 0 Å². The van der Waals surface area contributed by atoms with Crippen LogP contribution in [-0.4, -0.2) is 11.5 Å². The number of halogens is 2. The van der Waals surface area contributed by atoms with Gasteiger partial charge in [0.15, 0.2) is 0 Å². The Morgan fingerprint density at radius 2 is 2.14 bits per heavy atom. The van der Waals surface area contributed by atoms with E-state index >= 15 is 0 Å². The maximum Gasteiger partial charge on any atom is 0.128 e. The van der Waals surface area contributed by atoms with Crippen LogP contribution in [0, 0.1) is 12.7 Å². The topological polar surface area (TPSA) is 50.9 Å². The van der Waals surface area contributed by atoms with E-state index in [4.69, 9.17) is 17.3 Å². The van der Waals surface area contributed by atoms with Crippen molar-refractivity contribution in [2.45, 2.75) is 26.3 Å². The predicted octanol–water partition coefficient (Wildman–Crippen LogP) is 3.85. The molecule has 0 aliphatic heterocycles. The third-order valence-corrected chi connectivity index (χ3v) is 3.56. The molecule has 5 heteroatoms. The normalized spacial score (nSPS) is 12.4. The molecule has 1 heterocycles. The van der Waals surface area contributed by atoms with Gasteiger partial charge < -0.3 is 11.1 Å². The molecule has 0 saturated carbocycles. The maximum absolute atomic E-state index is 13.9. The van der Waals surface area contributed by atoms with E-state index in [1.54, 1.807) is 19.1 Å². The first-order valence-electron chi connectivity index (χ1n) is 6.93. The van der Waals surface area contributed by atoms with Gasteiger partial charge in [-0.15, -0.1) is 0 Å². The second-order valence-electron chi connectivity index (χ2n) is 5.02. The molecule has 1 atom stereocenters. The number of pyridine rings is 1. The van der Waals surface area contributed by atoms with Crippen LogP contribution < -0.4 is 11.1 Å². The van der Waals surface area contributed by atoms with Crippen molar-refractivity contribution in [2.75, 3.05) is 12.3 Å². The summed E-state index contributed by atoms with van der Waals surface area (Å²) in [4.78, 5) is 4.09. The van der Waals surface area contributed by atoms with Gasteiger partial charge in [-0.05, 0) is 43.1 Å². The van der Waals surface area contributed by atoms with Gasteiger partial charge in [-0.1, -0.05) is 30.7 Å². The van der Waals surface area contributed by atoms with Crippen LogP contribution in [0.25, 0.3) is 0 Å². The molecule has 0 bridgehead atoms. The maximum atomic E-state index is 13.9. The van der Waals surface area contributed by atoms with Gasteiger partial charge in [-0.3, -0.25) is 0 Å². The van der Waals surface area contributed by atoms with Crippen molar-refractivity contribution in [1.82, 2.24) is 10.3 Å². The summed E-state index contributed by atoms with van der Waals surface area (Å²) in [6.45, 7) is 4.59. The molecule has 0 aliphatic rings. The molecule has 1 unspecified atom stereocenters. The number of nitrogen functional groups attached to an aromatic ring is 1. The molecule has 1 aromatic carbocycles. The Morgan fingerprint density at radius 1 is 1.38 bits per heavy atom. The number of aromatic nitrogens is 1. The summed E-state index contributed by atoms with van der Waals surface area (Å²) in [6, 6.07) is 6.73. The lowest BCUT2D eigenvalue weighted by atomic mass is 9.97. The van der Waals surface area contributed by atoms with Crippen LogP contribution >= 0.6 is 11.6 Å². The van der Waals surface area contributed by atoms with Crippen LogP contribution in [0.5, 0.6) is 0 Å². The average Bonchev–Trinajstić information content (AvgIpc) is 2.46. The zero-order valence-electron chi connectivity index (χ0n) is 12.2. The first kappa shape index (κ1) is 15.7. The van der Waals surface area contributed by atoms with Gasteiger partial charge in [0, 0.05) is 11.8 Å². The highest BCUT2D eigenvalue weighted by molar-refractivity contribution is 6.30. The minimum atomic E-state index is -0.232. The van der Waals surface area contributed by atoms with E-state index in [1.165, 1.54) is 12.3 Å². The van der Waals surface area contributed by atoms with E-state index in [-0.39, 0.29) is 11.9 Å². The zero-order chi connectivity index (χ0) is 15.4. The molecule has 0 aliphatic carbocycles. The number of nitrogens with zero attached hydrogens (tertiary/aromatic N) is 1. The molecule has 0 saturated heterocycles. The van der Waals surface area contributed by atoms with Crippen molar-refractivity contribution in [3.05, 3.63) is 58.0 Å². The summed E-state index contributed by atoms with van der Waals surface area (Å²) < 4.78 is 13.9. The predicted molar refractivity (Wildman–Crippen MR) is 84.9 cm³/mol. The molecule has 1 aromatic heterocycles. The molecule has 112 valence electrons. The molecule has 3 N–H and O–H groups in total. The monoisotopic (exact) mass is 307 g/mol. The highest BCUT2D eigenvalue weighted by Crippen LogP contribution is 2.28. The molecule has 2 aromatic rings. The molecular formula is C16H19ClFN3. The quantitative estimate of drug-likeness (QED) is 0.882. The molecular weight excluding hydrogens is 289 g/mol. The summed E-state index contributed by atoms with van der Waals surface area (Å²) >= 11 is 6.02. The van der Waals surface area contributed by atoms with Gasteiger partial charge in [-0.2, -0.15) is 0 Å². The smallest absolute Gasteiger partial charge is 0.128 e. The van der Waals surface area contributed by atoms with E-state index in [1.807, 2.05) is 6.07 Å². The van der Waals surface area contributed by atoms with Crippen LogP contribution in [0.4, 0.5) is 10.2 Å². The number of rotatable bonds is 5. The molecule has 21 heavy (non-hydrogen) atoms. The van der Waals surface area contributed by atoms with Crippen LogP contribution in [0.2, 0.25) is 5.02 Å². The summed E-state index contributed by atoms with van der Waals surface area (Å²) in [5, 5.41) is 3.88. The van der Waals surface area contributed by atoms with Gasteiger partial charge in [0.25, 0.3) is 0 Å². The number of anilines is 1. The lowest BCUT2D eigenvalue weighted by Crippen LogP contribution is -2.24. The van der Waals surface area contributed by atoms with Crippen molar-refractivity contribution in [2.24, 2.45) is 0 Å². The number of nitrogens with two attached hydrogens (primary N) is 1. The number of hydrogen-bond acceptors (Lipinski definition) is 3. The number of nitrogens with one attached hydrogen (secondary N) is 1. The van der Waals surface area contributed by atoms with Crippen molar-refractivity contribution in [3.63, 3.8) is 0 Å². The van der Waals surface area contributed by atoms with Crippen molar-refractivity contribution >= 4 is 17.4 Å². The standard InChI is InChI=1S/C16H19ClFN3/c1-3-6-20-15(11-5-4-10(2)14(18)7-11)13-8-12(17)9-21-16(13)19/h4-5,7-9,15,20H,3,6H2,1-2H3,(H2,19,21). The first-order chi connectivity index (χ1) is 10.0. The minimum absolute atomic E-state index is 0.230. The summed E-state index contributed by atoms with van der Waals surface area (Å²) in [5.74, 6) is 0.165. The lowest BCUT2D eigenvalue weighted by Gasteiger charge is -2.21. The minimum Gasteiger partial charge on any atom is -0.383 e. The van der Waals surface area contributed by atoms with Gasteiger partial charge >= 0.3 is 0 Å². The fourth-order valence-corrected chi connectivity index (χ4v) is 2.35. The highest BCUT2D eigenvalue weighted by atomic mass is 35.5. The van der Waals surface area contributed by atoms with Crippen LogP contribution in [0.3, 0.4) is 0 Å². The first-order valence-corrected chi connectivity index (χ1v) is 7.31. The lowest BCUT2D eigenvalue weighted by molar-refractivity contribution is 0.582. The molecule has 0 spiro atoms. The Hall–Kier alpha value is -1.65. The van der Waals surface area contributed by atoms with Crippen molar-refractivity contribution in [3.8, 4) is 0 Å². The number of hydrogen-bond donors (Lipinski definition) is 2. The largest absolute Gasteiger partial charge is 0.383 e. The third-order valence-electron chi connectivity index (χ3n) is 3.35. The van der Waals surface area contributed by atoms with Crippen LogP contribution in [-0.2, 0) is 0 Å². The second kappa shape index (κ2) is 6.87. The van der Waals surface area contributed by atoms with Crippen molar-refractivity contribution in [1.29, 1.82) is 0 Å². The average molecular weight is 308 g/mol. The van der Waals surface area contributed by atoms with Crippen LogP contribution in [0.1, 0.15) is 36.1 Å². The second-order valence-corrected chi connectivity index (χ2v) is 5.46. The fourth-order valence-electron chi connectivity index (χ4n) is 2.18. The molecule has 0 amide bonds. The molecule has 2 rings (SSSR count). The van der Waals surface area contributed by atoms with E-state index in [0.29, 0.717) is 16.4 Å². The van der Waals surface area contributed by atoms with Gasteiger partial charge in [-0.25, -0.2) is 9.37 Å². The Kier molecular flexibility index (Phi) is 5.15. The summed E-state index contributed by atoms with van der Waals surface area (Å²) in [7, 11) is 0. The van der Waals surface area contributed by atoms with Crippen LogP contribution in [0.15, 0.2) is 30.5 Å². The fraction of sp³-hybridized carbons (Fsp3) is 0.312. The molecule has 0 fully saturated rings. The Bertz CT molecular complexity index is 631. The Labute approximate surface area is 129 Å². The SMILES string of the molecule is CCCNC(c1ccc(C)c(F)c1)c1cc(Cl)cnc1N. The highest BCUT2D eigenvalue weighted by Gasteiger charge is 2.18. The number of benzene rings is 1. The molecule has 0 radical (unpaired) electrons. The zero-order valence-corrected chi connectivity index (χ0v) is 12.9.